The highest BCUT2D eigenvalue weighted by molar-refractivity contribution is 7.91. The molecule has 27 heavy (non-hydrogen) atoms. The molecule has 4 aromatic rings. The Bertz CT molecular complexity index is 1230. The number of fused-ring (bicyclic) bond motifs is 1. The number of hydrogen-bond acceptors (Lipinski definition) is 3. The summed E-state index contributed by atoms with van der Waals surface area (Å²) < 4.78 is 26.8. The highest BCUT2D eigenvalue weighted by Gasteiger charge is 2.22. The fraction of sp³-hybridized carbons (Fsp3) is 0.0455. The summed E-state index contributed by atoms with van der Waals surface area (Å²) in [4.78, 5) is 5.10. The van der Waals surface area contributed by atoms with E-state index in [-0.39, 0.29) is 9.79 Å². The summed E-state index contributed by atoms with van der Waals surface area (Å²) >= 11 is 6.14. The molecule has 3 aromatic carbocycles. The fourth-order valence-corrected chi connectivity index (χ4v) is 4.63. The Kier molecular flexibility index (Phi) is 4.46. The molecular weight excluding hydrogens is 378 g/mol. The second-order valence-corrected chi connectivity index (χ2v) is 8.70. The molecular formula is C22H16ClNO2S. The maximum absolute atomic E-state index is 13.4. The second-order valence-electron chi connectivity index (χ2n) is 6.35. The van der Waals surface area contributed by atoms with Crippen molar-refractivity contribution in [2.45, 2.75) is 16.7 Å². The molecule has 0 radical (unpaired) electrons. The minimum atomic E-state index is -3.73. The van der Waals surface area contributed by atoms with Gasteiger partial charge >= 0.3 is 0 Å². The zero-order valence-electron chi connectivity index (χ0n) is 14.6. The van der Waals surface area contributed by atoms with Gasteiger partial charge in [0.25, 0.3) is 0 Å². The molecule has 1 heterocycles. The van der Waals surface area contributed by atoms with Crippen LogP contribution in [0.25, 0.3) is 22.2 Å². The van der Waals surface area contributed by atoms with Gasteiger partial charge in [-0.05, 0) is 43.3 Å². The number of aromatic nitrogens is 1. The molecule has 0 saturated heterocycles. The summed E-state index contributed by atoms with van der Waals surface area (Å²) in [6, 6.07) is 23.1. The van der Waals surface area contributed by atoms with Crippen molar-refractivity contribution in [1.82, 2.24) is 4.98 Å². The van der Waals surface area contributed by atoms with Crippen molar-refractivity contribution in [3.05, 3.63) is 89.4 Å². The highest BCUT2D eigenvalue weighted by Crippen LogP contribution is 2.33. The Hall–Kier alpha value is -2.69. The lowest BCUT2D eigenvalue weighted by atomic mass is 10.1. The van der Waals surface area contributed by atoms with E-state index in [4.69, 9.17) is 11.6 Å². The molecule has 3 nitrogen and oxygen atoms in total. The maximum atomic E-state index is 13.4. The van der Waals surface area contributed by atoms with Crippen molar-refractivity contribution in [3.8, 4) is 11.3 Å². The van der Waals surface area contributed by atoms with E-state index in [2.05, 4.69) is 4.98 Å². The van der Waals surface area contributed by atoms with Crippen LogP contribution < -0.4 is 0 Å². The quantitative estimate of drug-likeness (QED) is 0.448. The molecule has 0 unspecified atom stereocenters. The van der Waals surface area contributed by atoms with Crippen molar-refractivity contribution in [1.29, 1.82) is 0 Å². The van der Waals surface area contributed by atoms with Gasteiger partial charge in [-0.2, -0.15) is 0 Å². The van der Waals surface area contributed by atoms with Gasteiger partial charge in [0, 0.05) is 16.0 Å². The van der Waals surface area contributed by atoms with Gasteiger partial charge in [-0.3, -0.25) is 0 Å². The van der Waals surface area contributed by atoms with E-state index in [1.165, 1.54) is 0 Å². The third kappa shape index (κ3) is 3.34. The van der Waals surface area contributed by atoms with Crippen molar-refractivity contribution in [2.24, 2.45) is 0 Å². The van der Waals surface area contributed by atoms with E-state index in [0.717, 1.165) is 11.1 Å². The number of rotatable bonds is 3. The summed E-state index contributed by atoms with van der Waals surface area (Å²) in [6.07, 6.45) is 0. The van der Waals surface area contributed by atoms with Crippen molar-refractivity contribution in [3.63, 3.8) is 0 Å². The van der Waals surface area contributed by atoms with Crippen molar-refractivity contribution in [2.75, 3.05) is 0 Å². The summed E-state index contributed by atoms with van der Waals surface area (Å²) in [7, 11) is -3.73. The molecule has 4 rings (SSSR count). The molecule has 0 saturated carbocycles. The molecule has 0 N–H and O–H groups in total. The SMILES string of the molecule is Cc1ccc(S(=O)(=O)c2cc(-c3ccccc3)nc3ccc(Cl)cc23)cc1. The maximum Gasteiger partial charge on any atom is 0.207 e. The first kappa shape index (κ1) is 17.7. The molecule has 5 heteroatoms. The lowest BCUT2D eigenvalue weighted by Crippen LogP contribution is -2.04. The molecule has 0 fully saturated rings. The minimum Gasteiger partial charge on any atom is -0.248 e. The predicted molar refractivity (Wildman–Crippen MR) is 109 cm³/mol. The summed E-state index contributed by atoms with van der Waals surface area (Å²) in [5.41, 5.74) is 3.05. The minimum absolute atomic E-state index is 0.206. The standard InChI is InChI=1S/C22H16ClNO2S/c1-15-7-10-18(11-8-15)27(25,26)22-14-21(16-5-3-2-4-6-16)24-20-12-9-17(23)13-19(20)22/h2-14H,1H3. The Morgan fingerprint density at radius 1 is 0.852 bits per heavy atom. The van der Waals surface area contributed by atoms with Crippen molar-refractivity contribution >= 4 is 32.3 Å². The largest absolute Gasteiger partial charge is 0.248 e. The third-order valence-electron chi connectivity index (χ3n) is 4.42. The highest BCUT2D eigenvalue weighted by atomic mass is 35.5. The van der Waals surface area contributed by atoms with Gasteiger partial charge in [0.15, 0.2) is 0 Å². The first-order chi connectivity index (χ1) is 12.9. The van der Waals surface area contributed by atoms with Gasteiger partial charge in [-0.15, -0.1) is 0 Å². The van der Waals surface area contributed by atoms with Crippen molar-refractivity contribution < 1.29 is 8.42 Å². The molecule has 0 aliphatic rings. The smallest absolute Gasteiger partial charge is 0.207 e. The fourth-order valence-electron chi connectivity index (χ4n) is 2.99. The number of nitrogens with zero attached hydrogens (tertiary/aromatic N) is 1. The van der Waals surface area contributed by atoms with Gasteiger partial charge < -0.3 is 0 Å². The van der Waals surface area contributed by atoms with Crippen LogP contribution in [0.5, 0.6) is 0 Å². The molecule has 0 aliphatic carbocycles. The Labute approximate surface area is 163 Å². The zero-order chi connectivity index (χ0) is 19.0. The number of sulfone groups is 1. The lowest BCUT2D eigenvalue weighted by Gasteiger charge is -2.12. The van der Waals surface area contributed by atoms with Crippen LogP contribution in [0, 0.1) is 6.92 Å². The first-order valence-electron chi connectivity index (χ1n) is 8.43. The Morgan fingerprint density at radius 2 is 1.56 bits per heavy atom. The van der Waals surface area contributed by atoms with E-state index in [1.54, 1.807) is 48.5 Å². The van der Waals surface area contributed by atoms with Gasteiger partial charge in [0.05, 0.1) is 21.0 Å². The van der Waals surface area contributed by atoms with Crippen LogP contribution in [0.3, 0.4) is 0 Å². The number of benzene rings is 3. The first-order valence-corrected chi connectivity index (χ1v) is 10.3. The molecule has 0 spiro atoms. The van der Waals surface area contributed by atoms with E-state index < -0.39 is 9.84 Å². The van der Waals surface area contributed by atoms with Crippen LogP contribution in [-0.4, -0.2) is 13.4 Å². The molecule has 0 amide bonds. The van der Waals surface area contributed by atoms with Gasteiger partial charge in [-0.25, -0.2) is 13.4 Å². The molecule has 1 aromatic heterocycles. The van der Waals surface area contributed by atoms with Gasteiger partial charge in [0.2, 0.25) is 9.84 Å². The van der Waals surface area contributed by atoms with Crippen LogP contribution in [0.1, 0.15) is 5.56 Å². The Balaban J connectivity index is 2.03. The van der Waals surface area contributed by atoms with Crippen LogP contribution in [0.15, 0.2) is 88.7 Å². The monoisotopic (exact) mass is 393 g/mol. The van der Waals surface area contributed by atoms with Crippen LogP contribution in [0.2, 0.25) is 5.02 Å². The van der Waals surface area contributed by atoms with Crippen LogP contribution >= 0.6 is 11.6 Å². The molecule has 134 valence electrons. The lowest BCUT2D eigenvalue weighted by molar-refractivity contribution is 0.597. The van der Waals surface area contributed by atoms with Crippen LogP contribution in [-0.2, 0) is 9.84 Å². The normalized spacial score (nSPS) is 11.6. The van der Waals surface area contributed by atoms with Gasteiger partial charge in [-0.1, -0.05) is 59.6 Å². The third-order valence-corrected chi connectivity index (χ3v) is 6.47. The number of pyridine rings is 1. The molecule has 0 atom stereocenters. The molecule has 0 aliphatic heterocycles. The summed E-state index contributed by atoms with van der Waals surface area (Å²) in [5, 5.41) is 0.986. The number of hydrogen-bond donors (Lipinski definition) is 0. The summed E-state index contributed by atoms with van der Waals surface area (Å²) in [5.74, 6) is 0. The topological polar surface area (TPSA) is 47.0 Å². The van der Waals surface area contributed by atoms with Crippen LogP contribution in [0.4, 0.5) is 0 Å². The van der Waals surface area contributed by atoms with E-state index in [1.807, 2.05) is 37.3 Å². The zero-order valence-corrected chi connectivity index (χ0v) is 16.1. The van der Waals surface area contributed by atoms with E-state index in [0.29, 0.717) is 21.6 Å². The average Bonchev–Trinajstić information content (AvgIpc) is 2.68. The predicted octanol–water partition coefficient (Wildman–Crippen LogP) is 5.70. The number of aryl methyl sites for hydroxylation is 1. The summed E-state index contributed by atoms with van der Waals surface area (Å²) in [6.45, 7) is 1.92. The second kappa shape index (κ2) is 6.80. The van der Waals surface area contributed by atoms with Gasteiger partial charge in [0.1, 0.15) is 0 Å². The average molecular weight is 394 g/mol. The Morgan fingerprint density at radius 3 is 2.26 bits per heavy atom. The van der Waals surface area contributed by atoms with E-state index >= 15 is 0 Å². The molecule has 0 bridgehead atoms. The van der Waals surface area contributed by atoms with E-state index in [9.17, 15) is 8.42 Å². The number of halogens is 1.